The first-order valence-corrected chi connectivity index (χ1v) is 9.91. The number of amides is 1. The SMILES string of the molecule is CC(=O)Oc1c(Cl)cc(C(=O)N2CS(=O)(=O)c3ccccc32)c(Cl)c1Cl. The topological polar surface area (TPSA) is 80.8 Å². The normalized spacial score (nSPS) is 14.8. The van der Waals surface area contributed by atoms with E-state index in [4.69, 9.17) is 39.5 Å². The van der Waals surface area contributed by atoms with Gasteiger partial charge in [-0.25, -0.2) is 8.42 Å². The number of para-hydroxylation sites is 1. The number of hydrogen-bond donors (Lipinski definition) is 0. The van der Waals surface area contributed by atoms with Crippen LogP contribution in [-0.4, -0.2) is 26.2 Å². The molecular weight excluding hydrogens is 425 g/mol. The van der Waals surface area contributed by atoms with E-state index in [-0.39, 0.29) is 37.0 Å². The van der Waals surface area contributed by atoms with Gasteiger partial charge in [-0.2, -0.15) is 0 Å². The highest BCUT2D eigenvalue weighted by Gasteiger charge is 2.37. The van der Waals surface area contributed by atoms with Crippen molar-refractivity contribution in [3.8, 4) is 5.75 Å². The molecule has 0 aromatic heterocycles. The maximum Gasteiger partial charge on any atom is 0.308 e. The molecule has 1 heterocycles. The first-order chi connectivity index (χ1) is 12.1. The fourth-order valence-corrected chi connectivity index (χ4v) is 4.81. The van der Waals surface area contributed by atoms with E-state index in [0.29, 0.717) is 0 Å². The molecule has 1 aliphatic heterocycles. The van der Waals surface area contributed by atoms with Gasteiger partial charge < -0.3 is 4.74 Å². The maximum atomic E-state index is 12.9. The van der Waals surface area contributed by atoms with Crippen LogP contribution in [0.5, 0.6) is 5.75 Å². The molecule has 0 bridgehead atoms. The number of sulfone groups is 1. The summed E-state index contributed by atoms with van der Waals surface area (Å²) in [5.74, 6) is -2.05. The van der Waals surface area contributed by atoms with Gasteiger partial charge in [-0.05, 0) is 18.2 Å². The molecule has 2 aromatic carbocycles. The Balaban J connectivity index is 2.09. The molecular formula is C16H10Cl3NO5S. The number of benzene rings is 2. The van der Waals surface area contributed by atoms with Crippen LogP contribution < -0.4 is 9.64 Å². The Morgan fingerprint density at radius 3 is 2.42 bits per heavy atom. The van der Waals surface area contributed by atoms with Crippen LogP contribution in [0.15, 0.2) is 35.2 Å². The van der Waals surface area contributed by atoms with Gasteiger partial charge in [0.15, 0.2) is 15.6 Å². The number of halogens is 3. The summed E-state index contributed by atoms with van der Waals surface area (Å²) in [4.78, 5) is 25.2. The van der Waals surface area contributed by atoms with E-state index in [2.05, 4.69) is 0 Å². The van der Waals surface area contributed by atoms with E-state index in [0.717, 1.165) is 11.8 Å². The third kappa shape index (κ3) is 3.16. The number of rotatable bonds is 2. The molecule has 0 aliphatic carbocycles. The van der Waals surface area contributed by atoms with Gasteiger partial charge in [-0.3, -0.25) is 14.5 Å². The monoisotopic (exact) mass is 433 g/mol. The fraction of sp³-hybridized carbons (Fsp3) is 0.125. The van der Waals surface area contributed by atoms with Gasteiger partial charge in [0, 0.05) is 6.92 Å². The Morgan fingerprint density at radius 1 is 1.12 bits per heavy atom. The van der Waals surface area contributed by atoms with Crippen molar-refractivity contribution in [1.29, 1.82) is 0 Å². The second-order valence-electron chi connectivity index (χ2n) is 5.40. The molecule has 0 unspecified atom stereocenters. The van der Waals surface area contributed by atoms with Crippen LogP contribution in [0, 0.1) is 0 Å². The van der Waals surface area contributed by atoms with E-state index in [1.54, 1.807) is 12.1 Å². The molecule has 2 aromatic rings. The standard InChI is InChI=1S/C16H10Cl3NO5S/c1-8(21)25-15-10(17)6-9(13(18)14(15)19)16(22)20-7-26(23,24)12-5-3-2-4-11(12)20/h2-6H,7H2,1H3. The lowest BCUT2D eigenvalue weighted by Crippen LogP contribution is -2.30. The largest absolute Gasteiger partial charge is 0.423 e. The zero-order chi connectivity index (χ0) is 19.2. The third-order valence-electron chi connectivity index (χ3n) is 3.63. The minimum atomic E-state index is -3.64. The molecule has 0 fully saturated rings. The minimum absolute atomic E-state index is 0.0539. The van der Waals surface area contributed by atoms with Crippen LogP contribution in [0.4, 0.5) is 5.69 Å². The van der Waals surface area contributed by atoms with Gasteiger partial charge in [0.05, 0.1) is 26.2 Å². The van der Waals surface area contributed by atoms with E-state index in [1.165, 1.54) is 18.2 Å². The number of carbonyl (C=O) groups excluding carboxylic acids is 2. The number of nitrogens with zero attached hydrogens (tertiary/aromatic N) is 1. The highest BCUT2D eigenvalue weighted by Crippen LogP contribution is 2.42. The Bertz CT molecular complexity index is 1050. The van der Waals surface area contributed by atoms with Crippen molar-refractivity contribution in [2.75, 3.05) is 10.8 Å². The summed E-state index contributed by atoms with van der Waals surface area (Å²) in [7, 11) is -3.64. The van der Waals surface area contributed by atoms with E-state index < -0.39 is 27.6 Å². The Kier molecular flexibility index (Phi) is 4.92. The van der Waals surface area contributed by atoms with Gasteiger partial charge >= 0.3 is 5.97 Å². The van der Waals surface area contributed by atoms with Crippen molar-refractivity contribution < 1.29 is 22.7 Å². The van der Waals surface area contributed by atoms with Gasteiger partial charge in [-0.1, -0.05) is 46.9 Å². The Hall–Kier alpha value is -1.80. The zero-order valence-electron chi connectivity index (χ0n) is 13.1. The fourth-order valence-electron chi connectivity index (χ4n) is 2.54. The summed E-state index contributed by atoms with van der Waals surface area (Å²) in [5, 5.41) is -0.513. The van der Waals surface area contributed by atoms with Crippen molar-refractivity contribution in [3.05, 3.63) is 51.0 Å². The third-order valence-corrected chi connectivity index (χ3v) is 6.37. The van der Waals surface area contributed by atoms with Gasteiger partial charge in [-0.15, -0.1) is 0 Å². The minimum Gasteiger partial charge on any atom is -0.423 e. The summed E-state index contributed by atoms with van der Waals surface area (Å²) >= 11 is 18.3. The van der Waals surface area contributed by atoms with Crippen molar-refractivity contribution in [1.82, 2.24) is 0 Å². The second-order valence-corrected chi connectivity index (χ2v) is 8.49. The van der Waals surface area contributed by atoms with Crippen LogP contribution in [0.1, 0.15) is 17.3 Å². The summed E-state index contributed by atoms with van der Waals surface area (Å²) in [6.07, 6.45) is 0. The van der Waals surface area contributed by atoms with Crippen LogP contribution in [0.25, 0.3) is 0 Å². The van der Waals surface area contributed by atoms with Gasteiger partial charge in [0.2, 0.25) is 0 Å². The summed E-state index contributed by atoms with van der Waals surface area (Å²) in [6.45, 7) is 1.16. The highest BCUT2D eigenvalue weighted by molar-refractivity contribution is 7.92. The molecule has 0 saturated carbocycles. The smallest absolute Gasteiger partial charge is 0.308 e. The predicted octanol–water partition coefficient (Wildman–Crippen LogP) is 3.96. The zero-order valence-corrected chi connectivity index (χ0v) is 16.2. The van der Waals surface area contributed by atoms with Crippen molar-refractivity contribution in [3.63, 3.8) is 0 Å². The molecule has 0 atom stereocenters. The first-order valence-electron chi connectivity index (χ1n) is 7.13. The number of ether oxygens (including phenoxy) is 1. The molecule has 6 nitrogen and oxygen atoms in total. The number of fused-ring (bicyclic) bond motifs is 1. The lowest BCUT2D eigenvalue weighted by molar-refractivity contribution is -0.131. The Labute approximate surface area is 164 Å². The lowest BCUT2D eigenvalue weighted by atomic mass is 10.1. The second kappa shape index (κ2) is 6.74. The number of esters is 1. The van der Waals surface area contributed by atoms with E-state index in [9.17, 15) is 18.0 Å². The number of anilines is 1. The van der Waals surface area contributed by atoms with Crippen molar-refractivity contribution in [2.24, 2.45) is 0 Å². The molecule has 0 spiro atoms. The highest BCUT2D eigenvalue weighted by atomic mass is 35.5. The first kappa shape index (κ1) is 19.0. The average molecular weight is 435 g/mol. The molecule has 0 saturated heterocycles. The van der Waals surface area contributed by atoms with Crippen LogP contribution >= 0.6 is 34.8 Å². The summed E-state index contributed by atoms with van der Waals surface area (Å²) in [5.41, 5.74) is 0.134. The van der Waals surface area contributed by atoms with Crippen LogP contribution in [0.2, 0.25) is 15.1 Å². The predicted molar refractivity (Wildman–Crippen MR) is 98.1 cm³/mol. The molecule has 0 N–H and O–H groups in total. The summed E-state index contributed by atoms with van der Waals surface area (Å²) < 4.78 is 29.4. The quantitative estimate of drug-likeness (QED) is 0.406. The lowest BCUT2D eigenvalue weighted by Gasteiger charge is -2.18. The molecule has 1 amide bonds. The molecule has 0 radical (unpaired) electrons. The van der Waals surface area contributed by atoms with Crippen LogP contribution in [0.3, 0.4) is 0 Å². The van der Waals surface area contributed by atoms with Gasteiger partial charge in [0.25, 0.3) is 5.91 Å². The number of carbonyl (C=O) groups is 2. The van der Waals surface area contributed by atoms with Crippen LogP contribution in [-0.2, 0) is 14.6 Å². The van der Waals surface area contributed by atoms with E-state index >= 15 is 0 Å². The maximum absolute atomic E-state index is 12.9. The summed E-state index contributed by atoms with van der Waals surface area (Å²) in [6, 6.07) is 7.31. The van der Waals surface area contributed by atoms with Gasteiger partial charge in [0.1, 0.15) is 10.9 Å². The number of hydrogen-bond acceptors (Lipinski definition) is 5. The van der Waals surface area contributed by atoms with E-state index in [1.807, 2.05) is 0 Å². The molecule has 10 heteroatoms. The molecule has 1 aliphatic rings. The van der Waals surface area contributed by atoms with Crippen molar-refractivity contribution in [2.45, 2.75) is 11.8 Å². The Morgan fingerprint density at radius 2 is 1.77 bits per heavy atom. The molecule has 136 valence electrons. The molecule has 3 rings (SSSR count). The molecule has 26 heavy (non-hydrogen) atoms. The van der Waals surface area contributed by atoms with Crippen molar-refractivity contribution >= 4 is 62.2 Å². The average Bonchev–Trinajstić information content (AvgIpc) is 2.86.